The zero-order valence-corrected chi connectivity index (χ0v) is 14.4. The van der Waals surface area contributed by atoms with Crippen molar-refractivity contribution in [2.75, 3.05) is 23.9 Å². The summed E-state index contributed by atoms with van der Waals surface area (Å²) in [5.74, 6) is -0.518. The number of halogens is 3. The lowest BCUT2D eigenvalue weighted by Crippen LogP contribution is -2.28. The van der Waals surface area contributed by atoms with Crippen LogP contribution >= 0.6 is 0 Å². The van der Waals surface area contributed by atoms with Crippen LogP contribution in [0.1, 0.15) is 12.0 Å². The topological polar surface area (TPSA) is 58.6 Å². The van der Waals surface area contributed by atoms with Gasteiger partial charge in [0, 0.05) is 24.3 Å². The number of carbonyl (C=O) groups excluding carboxylic acids is 2. The van der Waals surface area contributed by atoms with Gasteiger partial charge in [-0.15, -0.1) is 0 Å². The summed E-state index contributed by atoms with van der Waals surface area (Å²) in [6, 6.07) is 11.1. The van der Waals surface area contributed by atoms with Gasteiger partial charge in [0.15, 0.2) is 0 Å². The highest BCUT2D eigenvalue weighted by molar-refractivity contribution is 6.03. The number of methoxy groups -OCH3 is 1. The molecule has 2 aromatic carbocycles. The van der Waals surface area contributed by atoms with E-state index in [0.29, 0.717) is 11.4 Å². The van der Waals surface area contributed by atoms with Gasteiger partial charge < -0.3 is 15.0 Å². The predicted molar refractivity (Wildman–Crippen MR) is 93.5 cm³/mol. The van der Waals surface area contributed by atoms with E-state index in [2.05, 4.69) is 5.32 Å². The summed E-state index contributed by atoms with van der Waals surface area (Å²) in [5, 5.41) is 2.57. The normalized spacial score (nSPS) is 17.1. The Balaban J connectivity index is 1.65. The smallest absolute Gasteiger partial charge is 0.416 e. The van der Waals surface area contributed by atoms with Crippen LogP contribution in [0, 0.1) is 5.92 Å². The van der Waals surface area contributed by atoms with E-state index in [0.717, 1.165) is 12.1 Å². The molecule has 1 fully saturated rings. The molecule has 142 valence electrons. The van der Waals surface area contributed by atoms with Gasteiger partial charge in [0.05, 0.1) is 18.6 Å². The third-order valence-electron chi connectivity index (χ3n) is 4.36. The predicted octanol–water partition coefficient (Wildman–Crippen LogP) is 3.71. The lowest BCUT2D eigenvalue weighted by molar-refractivity contribution is -0.137. The first kappa shape index (κ1) is 18.8. The number of nitrogens with one attached hydrogen (secondary N) is 1. The van der Waals surface area contributed by atoms with E-state index in [1.807, 2.05) is 0 Å². The Bertz CT molecular complexity index is 833. The van der Waals surface area contributed by atoms with Crippen LogP contribution in [0.4, 0.5) is 24.5 Å². The highest BCUT2D eigenvalue weighted by Gasteiger charge is 2.35. The largest absolute Gasteiger partial charge is 0.497 e. The van der Waals surface area contributed by atoms with Gasteiger partial charge in [0.1, 0.15) is 5.75 Å². The van der Waals surface area contributed by atoms with Crippen molar-refractivity contribution in [3.05, 3.63) is 54.1 Å². The van der Waals surface area contributed by atoms with Gasteiger partial charge in [-0.2, -0.15) is 13.2 Å². The molecule has 2 amide bonds. The van der Waals surface area contributed by atoms with Gasteiger partial charge >= 0.3 is 6.18 Å². The summed E-state index contributed by atoms with van der Waals surface area (Å²) >= 11 is 0. The molecule has 0 spiro atoms. The molecule has 8 heteroatoms. The van der Waals surface area contributed by atoms with Gasteiger partial charge in [-0.05, 0) is 48.5 Å². The molecule has 1 saturated heterocycles. The fourth-order valence-electron chi connectivity index (χ4n) is 2.88. The molecule has 0 aliphatic carbocycles. The number of hydrogen-bond acceptors (Lipinski definition) is 3. The van der Waals surface area contributed by atoms with Crippen LogP contribution in [-0.4, -0.2) is 25.5 Å². The molecule has 1 atom stereocenters. The number of ether oxygens (including phenoxy) is 1. The molecule has 3 rings (SSSR count). The Morgan fingerprint density at radius 1 is 1.11 bits per heavy atom. The summed E-state index contributed by atoms with van der Waals surface area (Å²) in [6.45, 7) is 0.206. The first-order chi connectivity index (χ1) is 12.8. The first-order valence-electron chi connectivity index (χ1n) is 8.20. The maximum Gasteiger partial charge on any atom is 0.416 e. The molecular weight excluding hydrogens is 361 g/mol. The number of alkyl halides is 3. The second-order valence-electron chi connectivity index (χ2n) is 6.17. The Kier molecular flexibility index (Phi) is 5.07. The molecule has 0 aromatic heterocycles. The molecule has 27 heavy (non-hydrogen) atoms. The molecule has 0 saturated carbocycles. The van der Waals surface area contributed by atoms with Crippen molar-refractivity contribution in [2.45, 2.75) is 12.6 Å². The molecule has 1 aliphatic heterocycles. The minimum atomic E-state index is -4.43. The highest BCUT2D eigenvalue weighted by Crippen LogP contribution is 2.31. The van der Waals surface area contributed by atoms with Crippen molar-refractivity contribution in [2.24, 2.45) is 5.92 Å². The summed E-state index contributed by atoms with van der Waals surface area (Å²) in [7, 11) is 1.54. The lowest BCUT2D eigenvalue weighted by atomic mass is 10.1. The maximum absolute atomic E-state index is 12.6. The molecule has 1 aliphatic rings. The van der Waals surface area contributed by atoms with Crippen molar-refractivity contribution < 1.29 is 27.5 Å². The lowest BCUT2D eigenvalue weighted by Gasteiger charge is -2.17. The van der Waals surface area contributed by atoms with Crippen LogP contribution in [0.2, 0.25) is 0 Å². The van der Waals surface area contributed by atoms with Gasteiger partial charge in [0.2, 0.25) is 11.8 Å². The van der Waals surface area contributed by atoms with Crippen LogP contribution in [-0.2, 0) is 15.8 Å². The molecule has 0 radical (unpaired) electrons. The fourth-order valence-corrected chi connectivity index (χ4v) is 2.88. The standard InChI is InChI=1S/C19H17F3N2O3/c1-27-16-8-6-15(7-9-16)24-11-12(10-17(24)25)18(26)23-14-4-2-13(3-5-14)19(20,21)22/h2-9,12H,10-11H2,1H3,(H,23,26). The number of nitrogens with zero attached hydrogens (tertiary/aromatic N) is 1. The number of amides is 2. The summed E-state index contributed by atoms with van der Waals surface area (Å²) in [6.07, 6.45) is -4.39. The molecule has 0 bridgehead atoms. The first-order valence-corrected chi connectivity index (χ1v) is 8.20. The average molecular weight is 378 g/mol. The van der Waals surface area contributed by atoms with Crippen LogP contribution in [0.25, 0.3) is 0 Å². The second kappa shape index (κ2) is 7.30. The SMILES string of the molecule is COc1ccc(N2CC(C(=O)Nc3ccc(C(F)(F)F)cc3)CC2=O)cc1. The summed E-state index contributed by atoms with van der Waals surface area (Å²) in [4.78, 5) is 26.1. The second-order valence-corrected chi connectivity index (χ2v) is 6.17. The average Bonchev–Trinajstić information content (AvgIpc) is 3.03. The monoisotopic (exact) mass is 378 g/mol. The van der Waals surface area contributed by atoms with Crippen molar-refractivity contribution >= 4 is 23.2 Å². The van der Waals surface area contributed by atoms with Crippen molar-refractivity contribution in [1.29, 1.82) is 0 Å². The summed E-state index contributed by atoms with van der Waals surface area (Å²) in [5.41, 5.74) is 0.121. The van der Waals surface area contributed by atoms with Crippen LogP contribution in [0.3, 0.4) is 0 Å². The van der Waals surface area contributed by atoms with Crippen molar-refractivity contribution in [3.8, 4) is 5.75 Å². The molecule has 1 N–H and O–H groups in total. The molecule has 5 nitrogen and oxygen atoms in total. The van der Waals surface area contributed by atoms with E-state index < -0.39 is 23.6 Å². The minimum absolute atomic E-state index is 0.0402. The van der Waals surface area contributed by atoms with Crippen LogP contribution < -0.4 is 15.0 Å². The zero-order chi connectivity index (χ0) is 19.6. The third kappa shape index (κ3) is 4.21. The number of anilines is 2. The van der Waals surface area contributed by atoms with Gasteiger partial charge in [0.25, 0.3) is 0 Å². The van der Waals surface area contributed by atoms with E-state index in [-0.39, 0.29) is 24.6 Å². The van der Waals surface area contributed by atoms with E-state index in [1.165, 1.54) is 24.1 Å². The van der Waals surface area contributed by atoms with Gasteiger partial charge in [-0.25, -0.2) is 0 Å². The zero-order valence-electron chi connectivity index (χ0n) is 14.4. The van der Waals surface area contributed by atoms with Crippen LogP contribution in [0.15, 0.2) is 48.5 Å². The molecule has 1 heterocycles. The molecular formula is C19H17F3N2O3. The number of benzene rings is 2. The van der Waals surface area contributed by atoms with Crippen LogP contribution in [0.5, 0.6) is 5.75 Å². The Morgan fingerprint density at radius 3 is 2.30 bits per heavy atom. The van der Waals surface area contributed by atoms with E-state index >= 15 is 0 Å². The third-order valence-corrected chi connectivity index (χ3v) is 4.36. The molecule has 1 unspecified atom stereocenters. The quantitative estimate of drug-likeness (QED) is 0.883. The Labute approximate surface area is 153 Å². The minimum Gasteiger partial charge on any atom is -0.497 e. The van der Waals surface area contributed by atoms with E-state index in [1.54, 1.807) is 24.3 Å². The highest BCUT2D eigenvalue weighted by atomic mass is 19.4. The van der Waals surface area contributed by atoms with Gasteiger partial charge in [-0.1, -0.05) is 0 Å². The van der Waals surface area contributed by atoms with Gasteiger partial charge in [-0.3, -0.25) is 9.59 Å². The number of carbonyl (C=O) groups is 2. The Hall–Kier alpha value is -3.03. The number of rotatable bonds is 4. The number of hydrogen-bond donors (Lipinski definition) is 1. The summed E-state index contributed by atoms with van der Waals surface area (Å²) < 4.78 is 42.8. The fraction of sp³-hybridized carbons (Fsp3) is 0.263. The molecule has 2 aromatic rings. The maximum atomic E-state index is 12.6. The van der Waals surface area contributed by atoms with E-state index in [4.69, 9.17) is 4.74 Å². The van der Waals surface area contributed by atoms with Crippen molar-refractivity contribution in [3.63, 3.8) is 0 Å². The van der Waals surface area contributed by atoms with E-state index in [9.17, 15) is 22.8 Å². The van der Waals surface area contributed by atoms with Crippen molar-refractivity contribution in [1.82, 2.24) is 0 Å². The Morgan fingerprint density at radius 2 is 1.74 bits per heavy atom.